The summed E-state index contributed by atoms with van der Waals surface area (Å²) in [5.41, 5.74) is 3.53. The zero-order valence-electron chi connectivity index (χ0n) is 11.6. The van der Waals surface area contributed by atoms with Gasteiger partial charge >= 0.3 is 0 Å². The van der Waals surface area contributed by atoms with E-state index in [0.29, 0.717) is 16.3 Å². The minimum atomic E-state index is -0.289. The van der Waals surface area contributed by atoms with Crippen LogP contribution in [0.3, 0.4) is 0 Å². The van der Waals surface area contributed by atoms with E-state index in [9.17, 15) is 4.79 Å². The van der Waals surface area contributed by atoms with E-state index < -0.39 is 0 Å². The number of aromatic nitrogens is 3. The molecule has 0 unspecified atom stereocenters. The Labute approximate surface area is 126 Å². The van der Waals surface area contributed by atoms with Crippen molar-refractivity contribution in [3.8, 4) is 0 Å². The quantitative estimate of drug-likeness (QED) is 0.761. The number of imidazole rings is 1. The molecule has 5 nitrogen and oxygen atoms in total. The van der Waals surface area contributed by atoms with E-state index in [1.165, 1.54) is 6.20 Å². The lowest BCUT2D eigenvalue weighted by atomic mass is 10.2. The lowest BCUT2D eigenvalue weighted by molar-refractivity contribution is 0.102. The lowest BCUT2D eigenvalue weighted by Crippen LogP contribution is -2.13. The van der Waals surface area contributed by atoms with Gasteiger partial charge in [-0.1, -0.05) is 11.6 Å². The van der Waals surface area contributed by atoms with Crippen molar-refractivity contribution in [2.24, 2.45) is 0 Å². The Morgan fingerprint density at radius 3 is 2.86 bits per heavy atom. The van der Waals surface area contributed by atoms with E-state index in [2.05, 4.69) is 20.3 Å². The van der Waals surface area contributed by atoms with Gasteiger partial charge in [-0.3, -0.25) is 9.78 Å². The van der Waals surface area contributed by atoms with Crippen LogP contribution in [0, 0.1) is 13.8 Å². The van der Waals surface area contributed by atoms with Crippen molar-refractivity contribution in [2.45, 2.75) is 13.8 Å². The highest BCUT2D eigenvalue weighted by atomic mass is 35.5. The Morgan fingerprint density at radius 1 is 1.29 bits per heavy atom. The normalized spacial score (nSPS) is 10.8. The number of hydrogen-bond acceptors (Lipinski definition) is 3. The van der Waals surface area contributed by atoms with Crippen LogP contribution in [0.5, 0.6) is 0 Å². The minimum absolute atomic E-state index is 0.289. The van der Waals surface area contributed by atoms with Gasteiger partial charge in [0.05, 0.1) is 21.6 Å². The molecule has 2 heterocycles. The van der Waals surface area contributed by atoms with Crippen molar-refractivity contribution >= 4 is 34.2 Å². The van der Waals surface area contributed by atoms with Crippen molar-refractivity contribution < 1.29 is 4.79 Å². The van der Waals surface area contributed by atoms with Gasteiger partial charge in [0.2, 0.25) is 0 Å². The Morgan fingerprint density at radius 2 is 2.10 bits per heavy atom. The summed E-state index contributed by atoms with van der Waals surface area (Å²) in [4.78, 5) is 23.8. The summed E-state index contributed by atoms with van der Waals surface area (Å²) >= 11 is 6.07. The maximum absolute atomic E-state index is 12.2. The summed E-state index contributed by atoms with van der Waals surface area (Å²) in [6.45, 7) is 3.71. The second-order valence-electron chi connectivity index (χ2n) is 4.81. The number of H-pyrrole nitrogens is 1. The number of amides is 1. The minimum Gasteiger partial charge on any atom is -0.342 e. The molecule has 21 heavy (non-hydrogen) atoms. The molecule has 0 aliphatic heterocycles. The number of aryl methyl sites for hydroxylation is 2. The third kappa shape index (κ3) is 2.73. The molecule has 0 saturated carbocycles. The first-order valence-corrected chi connectivity index (χ1v) is 6.80. The molecule has 0 bridgehead atoms. The molecular weight excluding hydrogens is 288 g/mol. The number of nitrogens with zero attached hydrogens (tertiary/aromatic N) is 2. The van der Waals surface area contributed by atoms with E-state index >= 15 is 0 Å². The fourth-order valence-electron chi connectivity index (χ4n) is 2.11. The van der Waals surface area contributed by atoms with E-state index in [1.807, 2.05) is 26.0 Å². The molecule has 2 N–H and O–H groups in total. The van der Waals surface area contributed by atoms with Gasteiger partial charge in [0.15, 0.2) is 0 Å². The summed E-state index contributed by atoms with van der Waals surface area (Å²) < 4.78 is 0. The van der Waals surface area contributed by atoms with Crippen LogP contribution in [0.4, 0.5) is 5.69 Å². The topological polar surface area (TPSA) is 70.7 Å². The first-order valence-electron chi connectivity index (χ1n) is 6.43. The van der Waals surface area contributed by atoms with E-state index in [1.54, 1.807) is 12.1 Å². The average molecular weight is 301 g/mol. The van der Waals surface area contributed by atoms with Gasteiger partial charge in [-0.2, -0.15) is 0 Å². The van der Waals surface area contributed by atoms with Crippen LogP contribution in [-0.2, 0) is 0 Å². The number of rotatable bonds is 2. The summed E-state index contributed by atoms with van der Waals surface area (Å²) in [5, 5.41) is 3.20. The summed E-state index contributed by atoms with van der Waals surface area (Å²) in [6.07, 6.45) is 1.48. The Balaban J connectivity index is 1.88. The van der Waals surface area contributed by atoms with Crippen LogP contribution in [-0.4, -0.2) is 20.9 Å². The number of pyridine rings is 1. The number of anilines is 1. The molecule has 3 rings (SSSR count). The largest absolute Gasteiger partial charge is 0.342 e. The molecule has 0 aliphatic carbocycles. The van der Waals surface area contributed by atoms with Crippen LogP contribution in [0.2, 0.25) is 5.02 Å². The molecule has 2 aromatic heterocycles. The molecule has 6 heteroatoms. The zero-order valence-corrected chi connectivity index (χ0v) is 12.3. The third-order valence-electron chi connectivity index (χ3n) is 3.09. The number of halogens is 1. The predicted molar refractivity (Wildman–Crippen MR) is 82.8 cm³/mol. The van der Waals surface area contributed by atoms with Gasteiger partial charge in [-0.25, -0.2) is 4.98 Å². The van der Waals surface area contributed by atoms with Gasteiger partial charge < -0.3 is 10.3 Å². The number of hydrogen-bond donors (Lipinski definition) is 2. The smallest absolute Gasteiger partial charge is 0.258 e. The SMILES string of the molecule is Cc1cc(Cl)c(C(=O)Nc2ccc3nc(C)[nH]c3c2)cn1. The molecule has 0 radical (unpaired) electrons. The fraction of sp³-hybridized carbons (Fsp3) is 0.133. The molecule has 0 atom stereocenters. The van der Waals surface area contributed by atoms with Crippen LogP contribution < -0.4 is 5.32 Å². The first-order chi connectivity index (χ1) is 10.0. The molecule has 3 aromatic rings. The van der Waals surface area contributed by atoms with Gasteiger partial charge in [-0.15, -0.1) is 0 Å². The van der Waals surface area contributed by atoms with Crippen LogP contribution in [0.25, 0.3) is 11.0 Å². The van der Waals surface area contributed by atoms with Gasteiger partial charge in [0.1, 0.15) is 5.82 Å². The van der Waals surface area contributed by atoms with Crippen LogP contribution in [0.1, 0.15) is 21.9 Å². The molecule has 1 amide bonds. The maximum Gasteiger partial charge on any atom is 0.258 e. The molecule has 0 saturated heterocycles. The van der Waals surface area contributed by atoms with Crippen molar-refractivity contribution in [1.82, 2.24) is 15.0 Å². The predicted octanol–water partition coefficient (Wildman–Crippen LogP) is 3.48. The fourth-order valence-corrected chi connectivity index (χ4v) is 2.40. The van der Waals surface area contributed by atoms with Crippen molar-refractivity contribution in [2.75, 3.05) is 5.32 Å². The highest BCUT2D eigenvalue weighted by Gasteiger charge is 2.12. The molecule has 0 aliphatic rings. The zero-order chi connectivity index (χ0) is 15.0. The van der Waals surface area contributed by atoms with Gasteiger partial charge in [-0.05, 0) is 38.1 Å². The van der Waals surface area contributed by atoms with Crippen LogP contribution in [0.15, 0.2) is 30.5 Å². The Hall–Kier alpha value is -2.40. The van der Waals surface area contributed by atoms with Gasteiger partial charge in [0.25, 0.3) is 5.91 Å². The van der Waals surface area contributed by atoms with Crippen molar-refractivity contribution in [3.63, 3.8) is 0 Å². The average Bonchev–Trinajstić information content (AvgIpc) is 2.77. The van der Waals surface area contributed by atoms with E-state index in [0.717, 1.165) is 22.6 Å². The summed E-state index contributed by atoms with van der Waals surface area (Å²) in [6, 6.07) is 7.15. The monoisotopic (exact) mass is 300 g/mol. The number of nitrogens with one attached hydrogen (secondary N) is 2. The standard InChI is InChI=1S/C15H13ClN4O/c1-8-5-12(16)11(7-17-8)15(21)20-10-3-4-13-14(6-10)19-9(2)18-13/h3-7H,1-2H3,(H,18,19)(H,20,21). The summed E-state index contributed by atoms with van der Waals surface area (Å²) in [5.74, 6) is 0.544. The van der Waals surface area contributed by atoms with E-state index in [4.69, 9.17) is 11.6 Å². The van der Waals surface area contributed by atoms with Crippen molar-refractivity contribution in [1.29, 1.82) is 0 Å². The third-order valence-corrected chi connectivity index (χ3v) is 3.41. The molecule has 1 aromatic carbocycles. The number of benzene rings is 1. The van der Waals surface area contributed by atoms with Gasteiger partial charge in [0, 0.05) is 17.6 Å². The molecule has 0 fully saturated rings. The number of carbonyl (C=O) groups is 1. The Bertz CT molecular complexity index is 841. The number of fused-ring (bicyclic) bond motifs is 1. The maximum atomic E-state index is 12.2. The molecule has 106 valence electrons. The number of aromatic amines is 1. The van der Waals surface area contributed by atoms with Crippen LogP contribution >= 0.6 is 11.6 Å². The highest BCUT2D eigenvalue weighted by molar-refractivity contribution is 6.34. The Kier molecular flexibility index (Phi) is 3.35. The second-order valence-corrected chi connectivity index (χ2v) is 5.22. The van der Waals surface area contributed by atoms with E-state index in [-0.39, 0.29) is 5.91 Å². The molecular formula is C15H13ClN4O. The molecule has 0 spiro atoms. The summed E-state index contributed by atoms with van der Waals surface area (Å²) in [7, 11) is 0. The number of carbonyl (C=O) groups excluding carboxylic acids is 1. The highest BCUT2D eigenvalue weighted by Crippen LogP contribution is 2.20. The first kappa shape index (κ1) is 13.6. The van der Waals surface area contributed by atoms with Crippen molar-refractivity contribution in [3.05, 3.63) is 52.6 Å². The lowest BCUT2D eigenvalue weighted by Gasteiger charge is -2.07. The second kappa shape index (κ2) is 5.18.